The molecule has 0 saturated heterocycles. The predicted molar refractivity (Wildman–Crippen MR) is 71.7 cm³/mol. The third-order valence-corrected chi connectivity index (χ3v) is 3.82. The number of aliphatic carboxylic acids is 1. The van der Waals surface area contributed by atoms with Crippen LogP contribution in [0, 0.1) is 0 Å². The molecule has 0 radical (unpaired) electrons. The summed E-state index contributed by atoms with van der Waals surface area (Å²) in [5, 5.41) is 18.1. The molecule has 1 aliphatic carbocycles. The molecule has 108 valence electrons. The fourth-order valence-electron chi connectivity index (χ4n) is 2.49. The first kappa shape index (κ1) is 15.7. The Hall–Kier alpha value is -1.36. The Morgan fingerprint density at radius 1 is 1.11 bits per heavy atom. The topological polar surface area (TPSA) is 77.8 Å². The van der Waals surface area contributed by atoms with E-state index in [1.165, 1.54) is 13.3 Å². The van der Waals surface area contributed by atoms with Crippen LogP contribution in [0.1, 0.15) is 46.0 Å². The molecule has 0 atom stereocenters. The third kappa shape index (κ3) is 4.06. The number of rotatable bonds is 5. The van der Waals surface area contributed by atoms with E-state index in [1.54, 1.807) is 11.8 Å². The van der Waals surface area contributed by atoms with Crippen molar-refractivity contribution in [3.63, 3.8) is 0 Å². The van der Waals surface area contributed by atoms with Gasteiger partial charge < -0.3 is 15.1 Å². The molecule has 0 unspecified atom stereocenters. The molecule has 2 N–H and O–H groups in total. The van der Waals surface area contributed by atoms with Gasteiger partial charge >= 0.3 is 5.97 Å². The molecule has 0 heterocycles. The molecule has 1 amide bonds. The van der Waals surface area contributed by atoms with Crippen molar-refractivity contribution in [1.82, 2.24) is 4.90 Å². The maximum atomic E-state index is 12.4. The zero-order valence-electron chi connectivity index (χ0n) is 11.7. The predicted octanol–water partition coefficient (Wildman–Crippen LogP) is 1.56. The average molecular weight is 269 g/mol. The number of hydrogen-bond donors (Lipinski definition) is 2. The summed E-state index contributed by atoms with van der Waals surface area (Å²) in [6.45, 7) is 3.15. The Morgan fingerprint density at radius 3 is 2.16 bits per heavy atom. The molecule has 0 bridgehead atoms. The zero-order valence-corrected chi connectivity index (χ0v) is 11.7. The second kappa shape index (κ2) is 7.28. The summed E-state index contributed by atoms with van der Waals surface area (Å²) in [4.78, 5) is 24.9. The second-order valence-corrected chi connectivity index (χ2v) is 5.07. The van der Waals surface area contributed by atoms with Crippen LogP contribution in [-0.4, -0.2) is 46.2 Å². The summed E-state index contributed by atoms with van der Waals surface area (Å²) in [6, 6.07) is 0.130. The van der Waals surface area contributed by atoms with Crippen molar-refractivity contribution < 1.29 is 19.8 Å². The van der Waals surface area contributed by atoms with Gasteiger partial charge in [0.2, 0.25) is 5.91 Å². The summed E-state index contributed by atoms with van der Waals surface area (Å²) in [6.07, 6.45) is 5.22. The first-order valence-electron chi connectivity index (χ1n) is 6.81. The number of amides is 1. The van der Waals surface area contributed by atoms with Gasteiger partial charge in [-0.05, 0) is 26.7 Å². The van der Waals surface area contributed by atoms with Gasteiger partial charge in [0.05, 0.1) is 6.61 Å². The first-order chi connectivity index (χ1) is 8.99. The van der Waals surface area contributed by atoms with E-state index in [0.29, 0.717) is 0 Å². The van der Waals surface area contributed by atoms with Gasteiger partial charge in [-0.25, -0.2) is 4.79 Å². The lowest BCUT2D eigenvalue weighted by molar-refractivity contribution is -0.134. The molecule has 0 aromatic heterocycles. The number of carboxylic acids is 1. The standard InChI is InChI=1S/C14H23NO4/c1-10(11(2)14(18)19)13(17)15(8-9-16)12-6-4-3-5-7-12/h12,16H,3-9H2,1-2H3,(H,18,19). The van der Waals surface area contributed by atoms with Crippen LogP contribution in [0.5, 0.6) is 0 Å². The molecule has 19 heavy (non-hydrogen) atoms. The van der Waals surface area contributed by atoms with Crippen LogP contribution in [0.2, 0.25) is 0 Å². The molecular weight excluding hydrogens is 246 g/mol. The van der Waals surface area contributed by atoms with Gasteiger partial charge in [0.15, 0.2) is 0 Å². The van der Waals surface area contributed by atoms with E-state index < -0.39 is 5.97 Å². The van der Waals surface area contributed by atoms with E-state index in [-0.39, 0.29) is 36.2 Å². The summed E-state index contributed by atoms with van der Waals surface area (Å²) >= 11 is 0. The van der Waals surface area contributed by atoms with Crippen molar-refractivity contribution in [3.05, 3.63) is 11.1 Å². The van der Waals surface area contributed by atoms with Crippen LogP contribution in [0.15, 0.2) is 11.1 Å². The summed E-state index contributed by atoms with van der Waals surface area (Å²) in [5.41, 5.74) is 0.329. The Kier molecular flexibility index (Phi) is 6.02. The number of hydrogen-bond acceptors (Lipinski definition) is 3. The number of aliphatic hydroxyl groups is 1. The first-order valence-corrected chi connectivity index (χ1v) is 6.81. The molecule has 0 aromatic rings. The Bertz CT molecular complexity index is 370. The normalized spacial score (nSPS) is 17.8. The highest BCUT2D eigenvalue weighted by Crippen LogP contribution is 2.24. The smallest absolute Gasteiger partial charge is 0.331 e. The quantitative estimate of drug-likeness (QED) is 0.742. The Morgan fingerprint density at radius 2 is 1.68 bits per heavy atom. The summed E-state index contributed by atoms with van der Waals surface area (Å²) in [7, 11) is 0. The minimum atomic E-state index is -1.07. The Balaban J connectivity index is 2.88. The van der Waals surface area contributed by atoms with Gasteiger partial charge in [0.25, 0.3) is 0 Å². The maximum Gasteiger partial charge on any atom is 0.331 e. The lowest BCUT2D eigenvalue weighted by Crippen LogP contribution is -2.43. The van der Waals surface area contributed by atoms with Crippen LogP contribution >= 0.6 is 0 Å². The summed E-state index contributed by atoms with van der Waals surface area (Å²) < 4.78 is 0. The van der Waals surface area contributed by atoms with E-state index in [9.17, 15) is 9.59 Å². The van der Waals surface area contributed by atoms with Gasteiger partial charge in [0, 0.05) is 23.7 Å². The molecule has 0 aromatic carbocycles. The molecule has 1 aliphatic rings. The highest BCUT2D eigenvalue weighted by molar-refractivity contribution is 6.01. The van der Waals surface area contributed by atoms with Gasteiger partial charge in [-0.15, -0.1) is 0 Å². The van der Waals surface area contributed by atoms with E-state index >= 15 is 0 Å². The average Bonchev–Trinajstić information content (AvgIpc) is 2.43. The lowest BCUT2D eigenvalue weighted by atomic mass is 9.93. The lowest BCUT2D eigenvalue weighted by Gasteiger charge is -2.34. The van der Waals surface area contributed by atoms with Crippen LogP contribution in [0.25, 0.3) is 0 Å². The van der Waals surface area contributed by atoms with Crippen LogP contribution in [-0.2, 0) is 9.59 Å². The SMILES string of the molecule is CC(C(=O)O)=C(C)C(=O)N(CCO)C1CCCCC1. The van der Waals surface area contributed by atoms with Crippen LogP contribution < -0.4 is 0 Å². The molecule has 0 aliphatic heterocycles. The van der Waals surface area contributed by atoms with Gasteiger partial charge in [0.1, 0.15) is 0 Å². The molecule has 5 heteroatoms. The van der Waals surface area contributed by atoms with Crippen molar-refractivity contribution >= 4 is 11.9 Å². The highest BCUT2D eigenvalue weighted by Gasteiger charge is 2.27. The van der Waals surface area contributed by atoms with Crippen LogP contribution in [0.3, 0.4) is 0 Å². The van der Waals surface area contributed by atoms with Crippen molar-refractivity contribution in [2.75, 3.05) is 13.2 Å². The molecule has 1 fully saturated rings. The monoisotopic (exact) mass is 269 g/mol. The molecule has 5 nitrogen and oxygen atoms in total. The molecule has 1 rings (SSSR count). The number of nitrogens with zero attached hydrogens (tertiary/aromatic N) is 1. The highest BCUT2D eigenvalue weighted by atomic mass is 16.4. The minimum Gasteiger partial charge on any atom is -0.478 e. The fraction of sp³-hybridized carbons (Fsp3) is 0.714. The second-order valence-electron chi connectivity index (χ2n) is 5.07. The van der Waals surface area contributed by atoms with Crippen molar-refractivity contribution in [2.24, 2.45) is 0 Å². The maximum absolute atomic E-state index is 12.4. The van der Waals surface area contributed by atoms with E-state index in [4.69, 9.17) is 10.2 Å². The van der Waals surface area contributed by atoms with Gasteiger partial charge in [-0.2, -0.15) is 0 Å². The number of carbonyl (C=O) groups is 2. The van der Waals surface area contributed by atoms with Crippen LogP contribution in [0.4, 0.5) is 0 Å². The van der Waals surface area contributed by atoms with Crippen molar-refractivity contribution in [3.8, 4) is 0 Å². The number of carboxylic acid groups (broad SMARTS) is 1. The van der Waals surface area contributed by atoms with Gasteiger partial charge in [-0.3, -0.25) is 4.79 Å². The summed E-state index contributed by atoms with van der Waals surface area (Å²) in [5.74, 6) is -1.33. The fourth-order valence-corrected chi connectivity index (χ4v) is 2.49. The van der Waals surface area contributed by atoms with Gasteiger partial charge in [-0.1, -0.05) is 19.3 Å². The van der Waals surface area contributed by atoms with E-state index in [0.717, 1.165) is 25.7 Å². The zero-order chi connectivity index (χ0) is 14.4. The van der Waals surface area contributed by atoms with E-state index in [1.807, 2.05) is 0 Å². The molecule has 1 saturated carbocycles. The third-order valence-electron chi connectivity index (χ3n) is 3.82. The van der Waals surface area contributed by atoms with Crippen molar-refractivity contribution in [1.29, 1.82) is 0 Å². The van der Waals surface area contributed by atoms with Crippen molar-refractivity contribution in [2.45, 2.75) is 52.0 Å². The number of carbonyl (C=O) groups excluding carboxylic acids is 1. The van der Waals surface area contributed by atoms with E-state index in [2.05, 4.69) is 0 Å². The minimum absolute atomic E-state index is 0.0729. The molecule has 0 spiro atoms. The molecular formula is C14H23NO4. The largest absolute Gasteiger partial charge is 0.478 e. The number of aliphatic hydroxyl groups excluding tert-OH is 1. The Labute approximate surface area is 113 Å².